The maximum absolute atomic E-state index is 13.5. The van der Waals surface area contributed by atoms with Gasteiger partial charge < -0.3 is 5.32 Å². The van der Waals surface area contributed by atoms with E-state index in [0.717, 1.165) is 6.07 Å². The van der Waals surface area contributed by atoms with Crippen molar-refractivity contribution in [2.45, 2.75) is 25.1 Å². The van der Waals surface area contributed by atoms with Gasteiger partial charge in [-0.05, 0) is 30.2 Å². The molecule has 118 valence electrons. The van der Waals surface area contributed by atoms with E-state index < -0.39 is 24.5 Å². The van der Waals surface area contributed by atoms with Crippen LogP contribution < -0.4 is 5.32 Å². The minimum atomic E-state index is -4.22. The van der Waals surface area contributed by atoms with E-state index in [1.54, 1.807) is 6.07 Å². The quantitative estimate of drug-likeness (QED) is 0.848. The van der Waals surface area contributed by atoms with Crippen molar-refractivity contribution in [3.8, 4) is 0 Å². The van der Waals surface area contributed by atoms with E-state index >= 15 is 0 Å². The molecular formula is C14H17ClF4N2. The lowest BCUT2D eigenvalue weighted by molar-refractivity contribution is -0.138. The molecule has 1 saturated heterocycles. The fraction of sp³-hybridized carbons (Fsp3) is 0.571. The van der Waals surface area contributed by atoms with Crippen LogP contribution in [0.4, 0.5) is 17.6 Å². The molecule has 0 amide bonds. The smallest absolute Gasteiger partial charge is 0.314 e. The summed E-state index contributed by atoms with van der Waals surface area (Å²) in [5.74, 6) is -0.523. The highest BCUT2D eigenvalue weighted by Gasteiger charge is 2.31. The molecule has 7 heteroatoms. The molecule has 0 unspecified atom stereocenters. The number of benzene rings is 1. The Balaban J connectivity index is 2.21. The molecule has 21 heavy (non-hydrogen) atoms. The van der Waals surface area contributed by atoms with E-state index in [1.165, 1.54) is 6.07 Å². The van der Waals surface area contributed by atoms with Crippen LogP contribution in [0.5, 0.6) is 0 Å². The molecule has 1 atom stereocenters. The number of piperazine rings is 1. The van der Waals surface area contributed by atoms with Crippen molar-refractivity contribution in [1.82, 2.24) is 10.2 Å². The Morgan fingerprint density at radius 3 is 2.43 bits per heavy atom. The minimum absolute atomic E-state index is 0.0940. The molecule has 0 radical (unpaired) electrons. The lowest BCUT2D eigenvalue weighted by Gasteiger charge is -2.35. The van der Waals surface area contributed by atoms with Crippen molar-refractivity contribution in [1.29, 1.82) is 0 Å². The Morgan fingerprint density at radius 1 is 1.19 bits per heavy atom. The molecule has 0 aliphatic carbocycles. The average molecular weight is 325 g/mol. The van der Waals surface area contributed by atoms with E-state index in [2.05, 4.69) is 5.32 Å². The summed E-state index contributed by atoms with van der Waals surface area (Å²) in [6.07, 6.45) is -5.21. The molecule has 1 aromatic rings. The Bertz CT molecular complexity index is 452. The Kier molecular flexibility index (Phi) is 5.46. The molecule has 0 spiro atoms. The fourth-order valence-corrected chi connectivity index (χ4v) is 2.85. The lowest BCUT2D eigenvalue weighted by Crippen LogP contribution is -2.45. The second kappa shape index (κ2) is 6.94. The Labute approximate surface area is 126 Å². The summed E-state index contributed by atoms with van der Waals surface area (Å²) in [4.78, 5) is 1.95. The van der Waals surface area contributed by atoms with Gasteiger partial charge in [0.25, 0.3) is 0 Å². The van der Waals surface area contributed by atoms with Crippen LogP contribution in [0.25, 0.3) is 0 Å². The molecule has 0 aromatic heterocycles. The number of rotatable bonds is 4. The highest BCUT2D eigenvalue weighted by Crippen LogP contribution is 2.33. The summed E-state index contributed by atoms with van der Waals surface area (Å²) in [5, 5.41) is 3.36. The van der Waals surface area contributed by atoms with Crippen molar-refractivity contribution in [2.75, 3.05) is 26.2 Å². The van der Waals surface area contributed by atoms with Crippen LogP contribution >= 0.6 is 11.6 Å². The fourth-order valence-electron chi connectivity index (χ4n) is 2.62. The van der Waals surface area contributed by atoms with Crippen molar-refractivity contribution >= 4 is 11.6 Å². The monoisotopic (exact) mass is 324 g/mol. The molecule has 0 bridgehead atoms. The van der Waals surface area contributed by atoms with Gasteiger partial charge in [0.05, 0.1) is 0 Å². The number of halogens is 5. The van der Waals surface area contributed by atoms with Crippen molar-refractivity contribution < 1.29 is 17.6 Å². The van der Waals surface area contributed by atoms with Gasteiger partial charge in [0.1, 0.15) is 5.82 Å². The van der Waals surface area contributed by atoms with E-state index in [9.17, 15) is 17.6 Å². The van der Waals surface area contributed by atoms with Gasteiger partial charge in [0, 0.05) is 43.7 Å². The highest BCUT2D eigenvalue weighted by molar-refractivity contribution is 6.30. The first-order chi connectivity index (χ1) is 9.85. The SMILES string of the molecule is Fc1cc(Cl)cc([C@@H](CCC(F)(F)F)N2CCNCC2)c1. The van der Waals surface area contributed by atoms with Gasteiger partial charge in [-0.25, -0.2) is 4.39 Å². The first kappa shape index (κ1) is 16.5. The van der Waals surface area contributed by atoms with E-state index in [1.807, 2.05) is 4.90 Å². The van der Waals surface area contributed by atoms with Gasteiger partial charge >= 0.3 is 6.18 Å². The van der Waals surface area contributed by atoms with Gasteiger partial charge in [-0.1, -0.05) is 11.6 Å². The maximum Gasteiger partial charge on any atom is 0.389 e. The third kappa shape index (κ3) is 5.13. The maximum atomic E-state index is 13.5. The van der Waals surface area contributed by atoms with Crippen molar-refractivity contribution in [2.24, 2.45) is 0 Å². The third-order valence-corrected chi connectivity index (χ3v) is 3.78. The summed E-state index contributed by atoms with van der Waals surface area (Å²) >= 11 is 5.83. The topological polar surface area (TPSA) is 15.3 Å². The van der Waals surface area contributed by atoms with Crippen molar-refractivity contribution in [3.63, 3.8) is 0 Å². The summed E-state index contributed by atoms with van der Waals surface area (Å²) in [5.41, 5.74) is 0.506. The standard InChI is InChI=1S/C14H17ClF4N2/c15-11-7-10(8-12(16)9-11)13(1-2-14(17,18)19)21-5-3-20-4-6-21/h7-9,13,20H,1-6H2/t13-/m1/s1. The van der Waals surface area contributed by atoms with Crippen LogP contribution in [-0.2, 0) is 0 Å². The van der Waals surface area contributed by atoms with Crippen LogP contribution in [0.1, 0.15) is 24.4 Å². The van der Waals surface area contributed by atoms with Crippen LogP contribution in [0.2, 0.25) is 5.02 Å². The molecule has 2 rings (SSSR count). The largest absolute Gasteiger partial charge is 0.389 e. The van der Waals surface area contributed by atoms with Gasteiger partial charge in [0.15, 0.2) is 0 Å². The van der Waals surface area contributed by atoms with E-state index in [0.29, 0.717) is 31.7 Å². The van der Waals surface area contributed by atoms with Crippen LogP contribution in [0.3, 0.4) is 0 Å². The summed E-state index contributed by atoms with van der Waals surface area (Å²) < 4.78 is 51.1. The summed E-state index contributed by atoms with van der Waals surface area (Å²) in [6, 6.07) is 3.51. The number of nitrogens with one attached hydrogen (secondary N) is 1. The van der Waals surface area contributed by atoms with Gasteiger partial charge in [-0.2, -0.15) is 13.2 Å². The number of alkyl halides is 3. The number of nitrogens with zero attached hydrogens (tertiary/aromatic N) is 1. The normalized spacial score (nSPS) is 18.7. The molecule has 1 aromatic carbocycles. The second-order valence-electron chi connectivity index (χ2n) is 5.16. The Hall–Kier alpha value is -0.850. The molecule has 0 saturated carbocycles. The van der Waals surface area contributed by atoms with E-state index in [-0.39, 0.29) is 11.4 Å². The minimum Gasteiger partial charge on any atom is -0.314 e. The molecule has 1 aliphatic heterocycles. The molecule has 2 nitrogen and oxygen atoms in total. The van der Waals surface area contributed by atoms with Gasteiger partial charge in [-0.15, -0.1) is 0 Å². The Morgan fingerprint density at radius 2 is 1.86 bits per heavy atom. The predicted octanol–water partition coefficient (Wildman–Crippen LogP) is 3.77. The predicted molar refractivity (Wildman–Crippen MR) is 73.9 cm³/mol. The molecule has 1 fully saturated rings. The van der Waals surface area contributed by atoms with Crippen LogP contribution in [0, 0.1) is 5.82 Å². The van der Waals surface area contributed by atoms with Crippen LogP contribution in [0.15, 0.2) is 18.2 Å². The zero-order valence-corrected chi connectivity index (χ0v) is 12.1. The van der Waals surface area contributed by atoms with Gasteiger partial charge in [-0.3, -0.25) is 4.90 Å². The summed E-state index contributed by atoms with van der Waals surface area (Å²) in [7, 11) is 0. The van der Waals surface area contributed by atoms with Crippen LogP contribution in [-0.4, -0.2) is 37.3 Å². The molecule has 1 N–H and O–H groups in total. The first-order valence-electron chi connectivity index (χ1n) is 6.83. The van der Waals surface area contributed by atoms with Crippen molar-refractivity contribution in [3.05, 3.63) is 34.6 Å². The average Bonchev–Trinajstić information content (AvgIpc) is 2.37. The first-order valence-corrected chi connectivity index (χ1v) is 7.20. The number of hydrogen-bond donors (Lipinski definition) is 1. The summed E-state index contributed by atoms with van der Waals surface area (Å²) in [6.45, 7) is 2.70. The molecular weight excluding hydrogens is 308 g/mol. The second-order valence-corrected chi connectivity index (χ2v) is 5.59. The lowest BCUT2D eigenvalue weighted by atomic mass is 9.99. The van der Waals surface area contributed by atoms with E-state index in [4.69, 9.17) is 11.6 Å². The molecule has 1 heterocycles. The zero-order chi connectivity index (χ0) is 15.5. The third-order valence-electron chi connectivity index (χ3n) is 3.56. The highest BCUT2D eigenvalue weighted by atomic mass is 35.5. The molecule has 1 aliphatic rings. The van der Waals surface area contributed by atoms with Gasteiger partial charge in [0.2, 0.25) is 0 Å². The zero-order valence-electron chi connectivity index (χ0n) is 11.4. The number of hydrogen-bond acceptors (Lipinski definition) is 2.